The van der Waals surface area contributed by atoms with Gasteiger partial charge in [0.1, 0.15) is 5.41 Å². The van der Waals surface area contributed by atoms with Crippen LogP contribution in [0.5, 0.6) is 0 Å². The predicted octanol–water partition coefficient (Wildman–Crippen LogP) is 2.18. The first kappa shape index (κ1) is 20.7. The first-order chi connectivity index (χ1) is 11.8. The molecule has 6 heteroatoms. The average Bonchev–Trinajstić information content (AvgIpc) is 2.61. The van der Waals surface area contributed by atoms with Gasteiger partial charge in [-0.15, -0.1) is 0 Å². The topological polar surface area (TPSA) is 86.7 Å². The van der Waals surface area contributed by atoms with Crippen molar-refractivity contribution in [3.8, 4) is 0 Å². The molecular weight excluding hydrogens is 320 g/mol. The summed E-state index contributed by atoms with van der Waals surface area (Å²) in [6.45, 7) is 6.77. The number of carbonyl (C=O) groups is 3. The highest BCUT2D eigenvalue weighted by Gasteiger charge is 2.35. The molecule has 2 N–H and O–H groups in total. The number of benzene rings is 1. The molecule has 1 aromatic rings. The molecule has 0 heterocycles. The van der Waals surface area contributed by atoms with E-state index in [0.717, 1.165) is 0 Å². The lowest BCUT2D eigenvalue weighted by atomic mass is 9.82. The minimum Gasteiger partial charge on any atom is -0.481 e. The van der Waals surface area contributed by atoms with Crippen molar-refractivity contribution >= 4 is 17.8 Å². The molecule has 1 atom stereocenters. The number of aliphatic carboxylic acids is 1. The summed E-state index contributed by atoms with van der Waals surface area (Å²) < 4.78 is 0. The van der Waals surface area contributed by atoms with E-state index in [1.165, 1.54) is 0 Å². The van der Waals surface area contributed by atoms with Gasteiger partial charge in [0.25, 0.3) is 0 Å². The molecule has 6 nitrogen and oxygen atoms in total. The smallest absolute Gasteiger partial charge is 0.315 e. The van der Waals surface area contributed by atoms with Gasteiger partial charge in [0, 0.05) is 32.5 Å². The number of nitrogens with one attached hydrogen (secondary N) is 1. The molecule has 0 aliphatic heterocycles. The molecule has 0 saturated carbocycles. The van der Waals surface area contributed by atoms with Gasteiger partial charge in [0.15, 0.2) is 0 Å². The average molecular weight is 348 g/mol. The van der Waals surface area contributed by atoms with Crippen LogP contribution in [0.3, 0.4) is 0 Å². The number of carbonyl (C=O) groups excluding carboxylic acids is 2. The molecule has 0 radical (unpaired) electrons. The van der Waals surface area contributed by atoms with Crippen molar-refractivity contribution in [2.75, 3.05) is 19.6 Å². The summed E-state index contributed by atoms with van der Waals surface area (Å²) in [6.07, 6.45) is 0.984. The SMILES string of the molecule is CCN(CC)C(=O)CCCC(=O)NCC(C)(C(=O)O)c1ccccc1. The molecule has 1 rings (SSSR count). The molecule has 0 aliphatic rings. The van der Waals surface area contributed by atoms with E-state index in [1.54, 1.807) is 36.1 Å². The third-order valence-electron chi connectivity index (χ3n) is 4.43. The van der Waals surface area contributed by atoms with Gasteiger partial charge in [-0.2, -0.15) is 0 Å². The minimum atomic E-state index is -1.19. The minimum absolute atomic E-state index is 0.00910. The van der Waals surface area contributed by atoms with Crippen molar-refractivity contribution < 1.29 is 19.5 Å². The van der Waals surface area contributed by atoms with Crippen LogP contribution in [0.4, 0.5) is 0 Å². The fourth-order valence-electron chi connectivity index (χ4n) is 2.61. The lowest BCUT2D eigenvalue weighted by molar-refractivity contribution is -0.143. The highest BCUT2D eigenvalue weighted by molar-refractivity contribution is 5.83. The van der Waals surface area contributed by atoms with Gasteiger partial charge in [-0.25, -0.2) is 0 Å². The van der Waals surface area contributed by atoms with E-state index in [9.17, 15) is 19.5 Å². The van der Waals surface area contributed by atoms with Crippen LogP contribution in [0.15, 0.2) is 30.3 Å². The maximum absolute atomic E-state index is 12.0. The molecule has 1 aromatic carbocycles. The Bertz CT molecular complexity index is 584. The van der Waals surface area contributed by atoms with Crippen molar-refractivity contribution in [1.29, 1.82) is 0 Å². The zero-order valence-corrected chi connectivity index (χ0v) is 15.2. The van der Waals surface area contributed by atoms with Crippen LogP contribution in [0.1, 0.15) is 45.6 Å². The third-order valence-corrected chi connectivity index (χ3v) is 4.43. The van der Waals surface area contributed by atoms with Crippen molar-refractivity contribution in [3.05, 3.63) is 35.9 Å². The summed E-state index contributed by atoms with van der Waals surface area (Å²) in [6, 6.07) is 8.84. The zero-order valence-electron chi connectivity index (χ0n) is 15.2. The van der Waals surface area contributed by atoms with Crippen molar-refractivity contribution in [2.24, 2.45) is 0 Å². The molecule has 0 bridgehead atoms. The van der Waals surface area contributed by atoms with Gasteiger partial charge >= 0.3 is 5.97 Å². The van der Waals surface area contributed by atoms with Crippen LogP contribution >= 0.6 is 0 Å². The van der Waals surface area contributed by atoms with Gasteiger partial charge in [-0.05, 0) is 32.8 Å². The predicted molar refractivity (Wildman–Crippen MR) is 96.2 cm³/mol. The van der Waals surface area contributed by atoms with Crippen LogP contribution < -0.4 is 5.32 Å². The Labute approximate surface area is 149 Å². The second kappa shape index (κ2) is 9.81. The quantitative estimate of drug-likeness (QED) is 0.678. The van der Waals surface area contributed by atoms with E-state index >= 15 is 0 Å². The number of carboxylic acids is 1. The molecular formula is C19H28N2O4. The second-order valence-electron chi connectivity index (χ2n) is 6.20. The number of rotatable bonds is 10. The van der Waals surface area contributed by atoms with Crippen LogP contribution in [0.2, 0.25) is 0 Å². The normalized spacial score (nSPS) is 12.9. The van der Waals surface area contributed by atoms with Crippen molar-refractivity contribution in [1.82, 2.24) is 10.2 Å². The number of hydrogen-bond acceptors (Lipinski definition) is 3. The number of carboxylic acid groups (broad SMARTS) is 1. The molecule has 0 spiro atoms. The molecule has 0 aromatic heterocycles. The monoisotopic (exact) mass is 348 g/mol. The molecule has 138 valence electrons. The Morgan fingerprint density at radius 1 is 1.08 bits per heavy atom. The lowest BCUT2D eigenvalue weighted by Crippen LogP contribution is -2.44. The number of nitrogens with zero attached hydrogens (tertiary/aromatic N) is 1. The van der Waals surface area contributed by atoms with Gasteiger partial charge in [0.05, 0.1) is 0 Å². The van der Waals surface area contributed by atoms with E-state index in [4.69, 9.17) is 0 Å². The maximum atomic E-state index is 12.0. The van der Waals surface area contributed by atoms with E-state index in [-0.39, 0.29) is 24.8 Å². The molecule has 2 amide bonds. The summed E-state index contributed by atoms with van der Waals surface area (Å²) in [5, 5.41) is 12.3. The summed E-state index contributed by atoms with van der Waals surface area (Å²) in [5.41, 5.74) is -0.548. The summed E-state index contributed by atoms with van der Waals surface area (Å²) in [4.78, 5) is 37.3. The number of hydrogen-bond donors (Lipinski definition) is 2. The van der Waals surface area contributed by atoms with Gasteiger partial charge in [-0.1, -0.05) is 30.3 Å². The number of amides is 2. The lowest BCUT2D eigenvalue weighted by Gasteiger charge is -2.25. The highest BCUT2D eigenvalue weighted by atomic mass is 16.4. The van der Waals surface area contributed by atoms with Crippen LogP contribution in [-0.2, 0) is 19.8 Å². The summed E-state index contributed by atoms with van der Waals surface area (Å²) in [7, 11) is 0. The fraction of sp³-hybridized carbons (Fsp3) is 0.526. The first-order valence-corrected chi connectivity index (χ1v) is 8.68. The molecule has 0 aliphatic carbocycles. The Hall–Kier alpha value is -2.37. The Kier molecular flexibility index (Phi) is 8.11. The summed E-state index contributed by atoms with van der Waals surface area (Å²) >= 11 is 0. The summed E-state index contributed by atoms with van der Waals surface area (Å²) in [5.74, 6) is -1.19. The van der Waals surface area contributed by atoms with Gasteiger partial charge < -0.3 is 15.3 Å². The van der Waals surface area contributed by atoms with E-state index in [1.807, 2.05) is 19.9 Å². The Balaban J connectivity index is 2.51. The zero-order chi connectivity index (χ0) is 18.9. The van der Waals surface area contributed by atoms with Gasteiger partial charge in [-0.3, -0.25) is 14.4 Å². The standard InChI is InChI=1S/C19H28N2O4/c1-4-21(5-2)17(23)13-9-12-16(22)20-14-19(3,18(24)25)15-10-7-6-8-11-15/h6-8,10-11H,4-5,9,12-14H2,1-3H3,(H,20,22)(H,24,25). The molecule has 0 fully saturated rings. The highest BCUT2D eigenvalue weighted by Crippen LogP contribution is 2.23. The largest absolute Gasteiger partial charge is 0.481 e. The molecule has 25 heavy (non-hydrogen) atoms. The third kappa shape index (κ3) is 5.89. The molecule has 1 unspecified atom stereocenters. The second-order valence-corrected chi connectivity index (χ2v) is 6.20. The van der Waals surface area contributed by atoms with E-state index in [2.05, 4.69) is 5.32 Å². The maximum Gasteiger partial charge on any atom is 0.315 e. The van der Waals surface area contributed by atoms with Crippen molar-refractivity contribution in [2.45, 2.75) is 45.4 Å². The Morgan fingerprint density at radius 3 is 2.20 bits per heavy atom. The van der Waals surface area contributed by atoms with Crippen molar-refractivity contribution in [3.63, 3.8) is 0 Å². The van der Waals surface area contributed by atoms with Crippen LogP contribution in [0.25, 0.3) is 0 Å². The fourth-order valence-corrected chi connectivity index (χ4v) is 2.61. The molecule has 0 saturated heterocycles. The van der Waals surface area contributed by atoms with Gasteiger partial charge in [0.2, 0.25) is 11.8 Å². The van der Waals surface area contributed by atoms with Crippen LogP contribution in [0, 0.1) is 0 Å². The van der Waals surface area contributed by atoms with E-state index in [0.29, 0.717) is 31.5 Å². The van der Waals surface area contributed by atoms with E-state index < -0.39 is 11.4 Å². The Morgan fingerprint density at radius 2 is 1.68 bits per heavy atom. The first-order valence-electron chi connectivity index (χ1n) is 8.68. The van der Waals surface area contributed by atoms with Crippen LogP contribution in [-0.4, -0.2) is 47.4 Å².